The predicted octanol–water partition coefficient (Wildman–Crippen LogP) is 0.369. The van der Waals surface area contributed by atoms with Gasteiger partial charge in [0.15, 0.2) is 0 Å². The molecular formula is C8H15NO. The Hall–Kier alpha value is -0.520. The molecule has 2 N–H and O–H groups in total. The summed E-state index contributed by atoms with van der Waals surface area (Å²) in [6.07, 6.45) is 5.03. The van der Waals surface area contributed by atoms with Crippen molar-refractivity contribution in [2.45, 2.75) is 32.4 Å². The maximum Gasteiger partial charge on any atom is 0.0773 e. The molecule has 2 nitrogen and oxygen atoms in total. The van der Waals surface area contributed by atoms with Crippen LogP contribution in [0.5, 0.6) is 0 Å². The zero-order valence-electron chi connectivity index (χ0n) is 6.59. The number of rotatable bonds is 4. The lowest BCUT2D eigenvalue weighted by Gasteiger charge is -2.10. The third kappa shape index (κ3) is 5.61. The maximum atomic E-state index is 9.09. The summed E-state index contributed by atoms with van der Waals surface area (Å²) in [4.78, 5) is 0. The van der Waals surface area contributed by atoms with E-state index in [1.165, 1.54) is 0 Å². The van der Waals surface area contributed by atoms with E-state index >= 15 is 0 Å². The number of nitrogens with one attached hydrogen (secondary N) is 1. The molecule has 1 atom stereocenters. The molecule has 0 saturated heterocycles. The topological polar surface area (TPSA) is 32.3 Å². The van der Waals surface area contributed by atoms with Gasteiger partial charge in [0.2, 0.25) is 0 Å². The van der Waals surface area contributed by atoms with E-state index in [9.17, 15) is 0 Å². The normalized spacial score (nSPS) is 13.1. The molecule has 0 aliphatic rings. The van der Waals surface area contributed by atoms with Crippen LogP contribution in [0.4, 0.5) is 0 Å². The first-order valence-corrected chi connectivity index (χ1v) is 3.51. The quantitative estimate of drug-likeness (QED) is 0.554. The molecule has 0 amide bonds. The number of aliphatic hydroxyl groups is 1. The molecule has 0 aromatic heterocycles. The van der Waals surface area contributed by atoms with Crippen molar-refractivity contribution in [3.05, 3.63) is 0 Å². The number of hydrogen-bond donors (Lipinski definition) is 2. The van der Waals surface area contributed by atoms with Crippen LogP contribution in [0.1, 0.15) is 20.3 Å². The minimum absolute atomic E-state index is 0.396. The van der Waals surface area contributed by atoms with E-state index in [1.54, 1.807) is 0 Å². The fraction of sp³-hybridized carbons (Fsp3) is 0.750. The molecule has 0 saturated carbocycles. The van der Waals surface area contributed by atoms with Gasteiger partial charge < -0.3 is 10.4 Å². The van der Waals surface area contributed by atoms with Crippen LogP contribution in [-0.4, -0.2) is 23.8 Å². The molecule has 1 unspecified atom stereocenters. The first-order valence-electron chi connectivity index (χ1n) is 3.51. The Kier molecular flexibility index (Phi) is 5.00. The van der Waals surface area contributed by atoms with E-state index in [0.717, 1.165) is 0 Å². The summed E-state index contributed by atoms with van der Waals surface area (Å²) in [6, 6.07) is 0.410. The second-order valence-corrected chi connectivity index (χ2v) is 2.63. The molecule has 0 radical (unpaired) electrons. The Morgan fingerprint density at radius 1 is 1.60 bits per heavy atom. The molecule has 0 spiro atoms. The zero-order valence-corrected chi connectivity index (χ0v) is 6.59. The van der Waals surface area contributed by atoms with Gasteiger partial charge in [0.05, 0.1) is 6.10 Å². The van der Waals surface area contributed by atoms with E-state index in [-0.39, 0.29) is 0 Å². The Bertz CT molecular complexity index is 115. The Labute approximate surface area is 62.6 Å². The molecular weight excluding hydrogens is 126 g/mol. The van der Waals surface area contributed by atoms with Crippen molar-refractivity contribution >= 4 is 0 Å². The van der Waals surface area contributed by atoms with Crippen LogP contribution in [0.3, 0.4) is 0 Å². The van der Waals surface area contributed by atoms with Gasteiger partial charge in [-0.3, -0.25) is 0 Å². The lowest BCUT2D eigenvalue weighted by Crippen LogP contribution is -2.31. The predicted molar refractivity (Wildman–Crippen MR) is 42.6 cm³/mol. The minimum Gasteiger partial charge on any atom is -0.391 e. The van der Waals surface area contributed by atoms with E-state index in [4.69, 9.17) is 11.5 Å². The molecule has 0 bridgehead atoms. The van der Waals surface area contributed by atoms with Crippen molar-refractivity contribution in [1.82, 2.24) is 5.32 Å². The van der Waals surface area contributed by atoms with Gasteiger partial charge in [0.1, 0.15) is 0 Å². The van der Waals surface area contributed by atoms with Gasteiger partial charge in [-0.2, -0.15) is 0 Å². The molecule has 0 rings (SSSR count). The highest BCUT2D eigenvalue weighted by atomic mass is 16.3. The van der Waals surface area contributed by atoms with Gasteiger partial charge in [-0.15, -0.1) is 12.3 Å². The molecule has 0 aliphatic heterocycles. The summed E-state index contributed by atoms with van der Waals surface area (Å²) < 4.78 is 0. The standard InChI is InChI=1S/C8H15NO/c1-4-5-8(10)6-9-7(2)3/h1,7-10H,5-6H2,2-3H3. The highest BCUT2D eigenvalue weighted by molar-refractivity contribution is 4.87. The third-order valence-corrected chi connectivity index (χ3v) is 1.12. The largest absolute Gasteiger partial charge is 0.391 e. The molecule has 0 aromatic carbocycles. The average Bonchev–Trinajstić information content (AvgIpc) is 1.85. The molecule has 10 heavy (non-hydrogen) atoms. The smallest absolute Gasteiger partial charge is 0.0773 e. The van der Waals surface area contributed by atoms with Crippen molar-refractivity contribution < 1.29 is 5.11 Å². The molecule has 58 valence electrons. The Morgan fingerprint density at radius 3 is 2.60 bits per heavy atom. The van der Waals surface area contributed by atoms with Crippen molar-refractivity contribution in [2.24, 2.45) is 0 Å². The number of terminal acetylenes is 1. The van der Waals surface area contributed by atoms with Gasteiger partial charge in [-0.25, -0.2) is 0 Å². The Morgan fingerprint density at radius 2 is 2.20 bits per heavy atom. The van der Waals surface area contributed by atoms with Crippen molar-refractivity contribution in [3.8, 4) is 12.3 Å². The van der Waals surface area contributed by atoms with Crippen molar-refractivity contribution in [3.63, 3.8) is 0 Å². The van der Waals surface area contributed by atoms with Crippen LogP contribution in [0.2, 0.25) is 0 Å². The summed E-state index contributed by atoms with van der Waals surface area (Å²) >= 11 is 0. The van der Waals surface area contributed by atoms with Crippen LogP contribution in [0.15, 0.2) is 0 Å². The van der Waals surface area contributed by atoms with Gasteiger partial charge >= 0.3 is 0 Å². The number of aliphatic hydroxyl groups excluding tert-OH is 1. The van der Waals surface area contributed by atoms with Gasteiger partial charge in [0, 0.05) is 19.0 Å². The summed E-state index contributed by atoms with van der Waals surface area (Å²) in [6.45, 7) is 4.65. The van der Waals surface area contributed by atoms with E-state index in [1.807, 2.05) is 13.8 Å². The summed E-state index contributed by atoms with van der Waals surface area (Å²) in [5.41, 5.74) is 0. The highest BCUT2D eigenvalue weighted by Crippen LogP contribution is 1.87. The second kappa shape index (κ2) is 5.28. The lowest BCUT2D eigenvalue weighted by atomic mass is 10.2. The van der Waals surface area contributed by atoms with Crippen molar-refractivity contribution in [1.29, 1.82) is 0 Å². The zero-order chi connectivity index (χ0) is 7.98. The molecule has 0 aromatic rings. The molecule has 0 heterocycles. The van der Waals surface area contributed by atoms with Gasteiger partial charge in [-0.05, 0) is 0 Å². The number of hydrogen-bond acceptors (Lipinski definition) is 2. The maximum absolute atomic E-state index is 9.09. The average molecular weight is 141 g/mol. The lowest BCUT2D eigenvalue weighted by molar-refractivity contribution is 0.174. The van der Waals surface area contributed by atoms with E-state index in [2.05, 4.69) is 11.2 Å². The molecule has 0 fully saturated rings. The molecule has 0 aliphatic carbocycles. The van der Waals surface area contributed by atoms with Crippen LogP contribution >= 0.6 is 0 Å². The monoisotopic (exact) mass is 141 g/mol. The van der Waals surface area contributed by atoms with Crippen LogP contribution in [-0.2, 0) is 0 Å². The summed E-state index contributed by atoms with van der Waals surface area (Å²) in [7, 11) is 0. The first kappa shape index (κ1) is 9.48. The van der Waals surface area contributed by atoms with Crippen molar-refractivity contribution in [2.75, 3.05) is 6.54 Å². The SMILES string of the molecule is C#CCC(O)CNC(C)C. The van der Waals surface area contributed by atoms with Crippen LogP contribution in [0.25, 0.3) is 0 Å². The van der Waals surface area contributed by atoms with E-state index < -0.39 is 6.10 Å². The summed E-state index contributed by atoms with van der Waals surface area (Å²) in [5, 5.41) is 12.2. The van der Waals surface area contributed by atoms with Gasteiger partial charge in [0.25, 0.3) is 0 Å². The minimum atomic E-state index is -0.396. The third-order valence-electron chi connectivity index (χ3n) is 1.12. The fourth-order valence-electron chi connectivity index (χ4n) is 0.580. The van der Waals surface area contributed by atoms with Gasteiger partial charge in [-0.1, -0.05) is 13.8 Å². The Balaban J connectivity index is 3.23. The highest BCUT2D eigenvalue weighted by Gasteiger charge is 2.00. The van der Waals surface area contributed by atoms with E-state index in [0.29, 0.717) is 19.0 Å². The fourth-order valence-corrected chi connectivity index (χ4v) is 0.580. The molecule has 2 heteroatoms. The second-order valence-electron chi connectivity index (χ2n) is 2.63. The summed E-state index contributed by atoms with van der Waals surface area (Å²) in [5.74, 6) is 2.40. The van der Waals surface area contributed by atoms with Crippen LogP contribution < -0.4 is 5.32 Å². The first-order chi connectivity index (χ1) is 4.66. The van der Waals surface area contributed by atoms with Crippen LogP contribution in [0, 0.1) is 12.3 Å².